The molecule has 0 saturated carbocycles. The van der Waals surface area contributed by atoms with Gasteiger partial charge in [0, 0.05) is 11.1 Å². The van der Waals surface area contributed by atoms with Gasteiger partial charge in [-0.25, -0.2) is 0 Å². The second-order valence-corrected chi connectivity index (χ2v) is 6.88. The molecule has 2 heteroatoms. The molecule has 0 aliphatic rings. The van der Waals surface area contributed by atoms with Crippen molar-refractivity contribution in [2.45, 2.75) is 33.1 Å². The van der Waals surface area contributed by atoms with Crippen molar-refractivity contribution in [3.63, 3.8) is 0 Å². The van der Waals surface area contributed by atoms with E-state index < -0.39 is 0 Å². The second-order valence-electron chi connectivity index (χ2n) is 6.88. The summed E-state index contributed by atoms with van der Waals surface area (Å²) in [5.74, 6) is 6.96. The lowest BCUT2D eigenvalue weighted by atomic mass is 10.0. The maximum Gasteiger partial charge on any atom is 0.120 e. The van der Waals surface area contributed by atoms with Crippen molar-refractivity contribution in [2.75, 3.05) is 6.61 Å². The van der Waals surface area contributed by atoms with Crippen LogP contribution in [-0.4, -0.2) is 6.61 Å². The fourth-order valence-corrected chi connectivity index (χ4v) is 3.11. The second kappa shape index (κ2) is 10.2. The fourth-order valence-electron chi connectivity index (χ4n) is 3.11. The summed E-state index contributed by atoms with van der Waals surface area (Å²) >= 11 is 0. The van der Waals surface area contributed by atoms with E-state index in [-0.39, 0.29) is 0 Å². The highest BCUT2D eigenvalue weighted by atomic mass is 16.5. The van der Waals surface area contributed by atoms with Gasteiger partial charge in [0.05, 0.1) is 12.2 Å². The molecule has 3 aromatic carbocycles. The summed E-state index contributed by atoms with van der Waals surface area (Å²) in [6, 6.07) is 24.7. The van der Waals surface area contributed by atoms with Crippen LogP contribution in [-0.2, 0) is 6.42 Å². The quantitative estimate of drug-likeness (QED) is 0.466. The van der Waals surface area contributed by atoms with Crippen LogP contribution in [0.15, 0.2) is 66.7 Å². The van der Waals surface area contributed by atoms with Gasteiger partial charge in [-0.3, -0.25) is 0 Å². The smallest absolute Gasteiger partial charge is 0.120 e. The zero-order valence-electron chi connectivity index (χ0n) is 17.0. The Bertz CT molecular complexity index is 1040. The van der Waals surface area contributed by atoms with Gasteiger partial charge >= 0.3 is 0 Å². The lowest BCUT2D eigenvalue weighted by Gasteiger charge is -2.05. The van der Waals surface area contributed by atoms with Gasteiger partial charge in [0.2, 0.25) is 0 Å². The molecule has 0 heterocycles. The third-order valence-corrected chi connectivity index (χ3v) is 4.76. The lowest BCUT2D eigenvalue weighted by Crippen LogP contribution is -1.93. The molecule has 0 amide bonds. The Balaban J connectivity index is 1.74. The van der Waals surface area contributed by atoms with Crippen LogP contribution in [0.4, 0.5) is 0 Å². The van der Waals surface area contributed by atoms with E-state index in [9.17, 15) is 5.26 Å². The molecule has 0 N–H and O–H groups in total. The highest BCUT2D eigenvalue weighted by Gasteiger charge is 2.02. The molecule has 0 unspecified atom stereocenters. The van der Waals surface area contributed by atoms with Gasteiger partial charge in [0.25, 0.3) is 0 Å². The van der Waals surface area contributed by atoms with Crippen LogP contribution < -0.4 is 4.74 Å². The van der Waals surface area contributed by atoms with Crippen LogP contribution in [0.2, 0.25) is 0 Å². The maximum atomic E-state index is 9.36. The van der Waals surface area contributed by atoms with Gasteiger partial charge in [-0.05, 0) is 66.8 Å². The Morgan fingerprint density at radius 3 is 2.10 bits per heavy atom. The van der Waals surface area contributed by atoms with Crippen LogP contribution in [0, 0.1) is 23.2 Å². The molecule has 0 aliphatic carbocycles. The summed E-state index contributed by atoms with van der Waals surface area (Å²) in [7, 11) is 0. The number of hydrogen-bond acceptors (Lipinski definition) is 2. The standard InChI is InChI=1S/C27H25NO/c1-3-5-6-21-7-12-23(13-8-21)24-14-9-22(10-15-24)11-16-25-17-18-27(29-4-2)19-26(25)20-28/h7-10,12-15,17-19H,3-6H2,1-2H3. The highest BCUT2D eigenvalue weighted by molar-refractivity contribution is 5.65. The largest absolute Gasteiger partial charge is 0.494 e. The number of nitrogens with zero attached hydrogens (tertiary/aromatic N) is 1. The van der Waals surface area contributed by atoms with Crippen LogP contribution in [0.3, 0.4) is 0 Å². The fraction of sp³-hybridized carbons (Fsp3) is 0.222. The van der Waals surface area contributed by atoms with E-state index in [1.54, 1.807) is 6.07 Å². The SMILES string of the molecule is CCCCc1ccc(-c2ccc(C#Cc3ccc(OCC)cc3C#N)cc2)cc1. The zero-order chi connectivity index (χ0) is 20.5. The summed E-state index contributed by atoms with van der Waals surface area (Å²) in [6.07, 6.45) is 3.59. The first-order chi connectivity index (χ1) is 14.2. The number of aryl methyl sites for hydroxylation is 1. The molecule has 0 aromatic heterocycles. The van der Waals surface area contributed by atoms with E-state index in [1.807, 2.05) is 31.2 Å². The van der Waals surface area contributed by atoms with Gasteiger partial charge in [-0.1, -0.05) is 61.6 Å². The molecule has 3 rings (SSSR count). The molecule has 29 heavy (non-hydrogen) atoms. The molecule has 0 bridgehead atoms. The number of hydrogen-bond donors (Lipinski definition) is 0. The lowest BCUT2D eigenvalue weighted by molar-refractivity contribution is 0.340. The minimum atomic E-state index is 0.531. The number of rotatable bonds is 6. The van der Waals surface area contributed by atoms with E-state index in [0.717, 1.165) is 12.0 Å². The molecule has 0 spiro atoms. The number of unbranched alkanes of at least 4 members (excludes halogenated alkanes) is 1. The number of ether oxygens (including phenoxy) is 1. The molecule has 0 radical (unpaired) electrons. The van der Waals surface area contributed by atoms with Gasteiger partial charge in [0.1, 0.15) is 11.8 Å². The first-order valence-corrected chi connectivity index (χ1v) is 10.1. The molecule has 3 aromatic rings. The summed E-state index contributed by atoms with van der Waals surface area (Å²) in [5.41, 5.74) is 5.94. The topological polar surface area (TPSA) is 33.0 Å². The predicted molar refractivity (Wildman–Crippen MR) is 119 cm³/mol. The van der Waals surface area contributed by atoms with Crippen molar-refractivity contribution in [1.82, 2.24) is 0 Å². The van der Waals surface area contributed by atoms with Gasteiger partial charge in [0.15, 0.2) is 0 Å². The Kier molecular flexibility index (Phi) is 7.10. The average molecular weight is 380 g/mol. The third-order valence-electron chi connectivity index (χ3n) is 4.76. The Morgan fingerprint density at radius 1 is 0.793 bits per heavy atom. The first kappa shape index (κ1) is 20.2. The molecule has 0 aliphatic heterocycles. The normalized spacial score (nSPS) is 9.97. The van der Waals surface area contributed by atoms with Crippen LogP contribution in [0.1, 0.15) is 48.9 Å². The number of nitriles is 1. The van der Waals surface area contributed by atoms with E-state index >= 15 is 0 Å². The zero-order valence-corrected chi connectivity index (χ0v) is 17.0. The molecular formula is C27H25NO. The summed E-state index contributed by atoms with van der Waals surface area (Å²) < 4.78 is 5.45. The molecule has 0 fully saturated rings. The third kappa shape index (κ3) is 5.50. The van der Waals surface area contributed by atoms with Crippen molar-refractivity contribution < 1.29 is 4.74 Å². The molecule has 144 valence electrons. The summed E-state index contributed by atoms with van der Waals surface area (Å²) in [4.78, 5) is 0. The summed E-state index contributed by atoms with van der Waals surface area (Å²) in [5, 5.41) is 9.36. The van der Waals surface area contributed by atoms with Crippen molar-refractivity contribution in [3.8, 4) is 34.8 Å². The average Bonchev–Trinajstić information content (AvgIpc) is 2.77. The van der Waals surface area contributed by atoms with E-state index in [1.165, 1.54) is 29.5 Å². The van der Waals surface area contributed by atoms with Gasteiger partial charge < -0.3 is 4.74 Å². The number of benzene rings is 3. The molecular weight excluding hydrogens is 354 g/mol. The van der Waals surface area contributed by atoms with Crippen LogP contribution in [0.25, 0.3) is 11.1 Å². The Morgan fingerprint density at radius 2 is 1.48 bits per heavy atom. The van der Waals surface area contributed by atoms with Crippen LogP contribution >= 0.6 is 0 Å². The van der Waals surface area contributed by atoms with E-state index in [0.29, 0.717) is 23.5 Å². The van der Waals surface area contributed by atoms with Crippen molar-refractivity contribution in [1.29, 1.82) is 5.26 Å². The van der Waals surface area contributed by atoms with Gasteiger partial charge in [-0.15, -0.1) is 0 Å². The first-order valence-electron chi connectivity index (χ1n) is 10.1. The predicted octanol–water partition coefficient (Wildman–Crippen LogP) is 6.37. The minimum absolute atomic E-state index is 0.531. The van der Waals surface area contributed by atoms with E-state index in [2.05, 4.69) is 61.2 Å². The minimum Gasteiger partial charge on any atom is -0.494 e. The summed E-state index contributed by atoms with van der Waals surface area (Å²) in [6.45, 7) is 4.71. The molecule has 0 atom stereocenters. The van der Waals surface area contributed by atoms with E-state index in [4.69, 9.17) is 4.74 Å². The van der Waals surface area contributed by atoms with Crippen molar-refractivity contribution in [2.24, 2.45) is 0 Å². The maximum absolute atomic E-state index is 9.36. The van der Waals surface area contributed by atoms with Gasteiger partial charge in [-0.2, -0.15) is 5.26 Å². The Labute approximate surface area is 173 Å². The monoisotopic (exact) mass is 379 g/mol. The Hall–Kier alpha value is -3.49. The van der Waals surface area contributed by atoms with Crippen molar-refractivity contribution in [3.05, 3.63) is 89.0 Å². The van der Waals surface area contributed by atoms with Crippen LogP contribution in [0.5, 0.6) is 5.75 Å². The highest BCUT2D eigenvalue weighted by Crippen LogP contribution is 2.21. The molecule has 2 nitrogen and oxygen atoms in total. The van der Waals surface area contributed by atoms with Crippen molar-refractivity contribution >= 4 is 0 Å². The molecule has 0 saturated heterocycles.